The van der Waals surface area contributed by atoms with Crippen LogP contribution in [-0.2, 0) is 0 Å². The van der Waals surface area contributed by atoms with Crippen LogP contribution in [0.25, 0.3) is 11.4 Å². The number of anilines is 2. The van der Waals surface area contributed by atoms with Gasteiger partial charge in [-0.15, -0.1) is 0 Å². The third-order valence-electron chi connectivity index (χ3n) is 6.36. The number of nitriles is 1. The third-order valence-corrected chi connectivity index (χ3v) is 6.65. The Morgan fingerprint density at radius 2 is 1.92 bits per heavy atom. The second-order valence-corrected chi connectivity index (χ2v) is 9.29. The van der Waals surface area contributed by atoms with Crippen LogP contribution in [0.5, 0.6) is 5.88 Å². The number of methoxy groups -OCH3 is 1. The van der Waals surface area contributed by atoms with Crippen molar-refractivity contribution >= 4 is 29.1 Å². The van der Waals surface area contributed by atoms with Crippen LogP contribution in [0.1, 0.15) is 53.2 Å². The number of carbonyl (C=O) groups is 1. The van der Waals surface area contributed by atoms with Crippen LogP contribution in [0.2, 0.25) is 5.02 Å². The van der Waals surface area contributed by atoms with E-state index >= 15 is 4.39 Å². The van der Waals surface area contributed by atoms with Gasteiger partial charge in [-0.2, -0.15) is 10.2 Å². The van der Waals surface area contributed by atoms with E-state index in [4.69, 9.17) is 21.3 Å². The zero-order chi connectivity index (χ0) is 27.1. The Labute approximate surface area is 223 Å². The minimum atomic E-state index is -0.745. The lowest BCUT2D eigenvalue weighted by atomic mass is 10.0. The predicted molar refractivity (Wildman–Crippen MR) is 141 cm³/mol. The molecule has 2 aromatic heterocycles. The molecular weight excluding hydrogens is 509 g/mol. The van der Waals surface area contributed by atoms with Crippen LogP contribution in [0.4, 0.5) is 16.0 Å². The highest BCUT2D eigenvalue weighted by Gasteiger charge is 2.46. The first kappa shape index (κ1) is 25.2. The van der Waals surface area contributed by atoms with E-state index in [0.29, 0.717) is 34.2 Å². The molecule has 5 rings (SSSR count). The largest absolute Gasteiger partial charge is 0.480 e. The molecule has 4 aromatic rings. The van der Waals surface area contributed by atoms with Crippen LogP contribution in [0.3, 0.4) is 0 Å². The Morgan fingerprint density at radius 3 is 2.55 bits per heavy atom. The van der Waals surface area contributed by atoms with Crippen molar-refractivity contribution in [1.82, 2.24) is 19.5 Å². The van der Waals surface area contributed by atoms with Gasteiger partial charge in [-0.3, -0.25) is 9.69 Å². The summed E-state index contributed by atoms with van der Waals surface area (Å²) in [5, 5.41) is 12.1. The van der Waals surface area contributed by atoms with Crippen molar-refractivity contribution in [3.05, 3.63) is 82.0 Å². The summed E-state index contributed by atoms with van der Waals surface area (Å²) in [5.74, 6) is -0.0871. The van der Waals surface area contributed by atoms with Gasteiger partial charge in [-0.25, -0.2) is 14.4 Å². The number of carbonyl (C=O) groups excluding carboxylic acids is 1. The number of hydrogen-bond acceptors (Lipinski definition) is 7. The van der Waals surface area contributed by atoms with E-state index in [-0.39, 0.29) is 28.3 Å². The number of nitrogens with zero attached hydrogens (tertiary/aromatic N) is 6. The summed E-state index contributed by atoms with van der Waals surface area (Å²) in [5.41, 5.74) is 2.42. The average Bonchev–Trinajstić information content (AvgIpc) is 3.45. The van der Waals surface area contributed by atoms with E-state index in [1.165, 1.54) is 24.1 Å². The number of fused-ring (bicyclic) bond motifs is 1. The summed E-state index contributed by atoms with van der Waals surface area (Å²) < 4.78 is 22.7. The van der Waals surface area contributed by atoms with E-state index in [1.54, 1.807) is 43.6 Å². The van der Waals surface area contributed by atoms with Gasteiger partial charge < -0.3 is 14.6 Å². The molecule has 0 aliphatic carbocycles. The molecule has 0 radical (unpaired) electrons. The molecule has 1 aliphatic heterocycles. The summed E-state index contributed by atoms with van der Waals surface area (Å²) in [6.45, 7) is 3.92. The maximum atomic E-state index is 15.3. The third kappa shape index (κ3) is 3.92. The number of rotatable bonds is 6. The molecule has 1 aliphatic rings. The predicted octanol–water partition coefficient (Wildman–Crippen LogP) is 5.39. The van der Waals surface area contributed by atoms with Crippen molar-refractivity contribution in [2.45, 2.75) is 25.9 Å². The van der Waals surface area contributed by atoms with Gasteiger partial charge in [0.05, 0.1) is 40.7 Å². The van der Waals surface area contributed by atoms with Gasteiger partial charge in [0.1, 0.15) is 11.9 Å². The molecule has 1 amide bonds. The molecule has 192 valence electrons. The summed E-state index contributed by atoms with van der Waals surface area (Å²) in [4.78, 5) is 28.8. The van der Waals surface area contributed by atoms with Gasteiger partial charge in [0.25, 0.3) is 5.91 Å². The van der Waals surface area contributed by atoms with Gasteiger partial charge in [0, 0.05) is 19.3 Å². The molecule has 2 aromatic carbocycles. The number of halogens is 2. The topological polar surface area (TPSA) is 109 Å². The Bertz CT molecular complexity index is 1590. The van der Waals surface area contributed by atoms with Crippen LogP contribution >= 0.6 is 11.6 Å². The number of hydrogen-bond donors (Lipinski definition) is 1. The molecule has 0 saturated carbocycles. The van der Waals surface area contributed by atoms with E-state index in [2.05, 4.69) is 21.4 Å². The van der Waals surface area contributed by atoms with Crippen molar-refractivity contribution in [1.29, 1.82) is 5.26 Å². The zero-order valence-corrected chi connectivity index (χ0v) is 21.8. The lowest BCUT2D eigenvalue weighted by Gasteiger charge is -2.29. The van der Waals surface area contributed by atoms with Crippen molar-refractivity contribution in [3.8, 4) is 23.3 Å². The van der Waals surface area contributed by atoms with Crippen molar-refractivity contribution in [2.24, 2.45) is 0 Å². The lowest BCUT2D eigenvalue weighted by molar-refractivity contribution is 0.0988. The van der Waals surface area contributed by atoms with Crippen molar-refractivity contribution < 1.29 is 13.9 Å². The first-order valence-electron chi connectivity index (χ1n) is 11.8. The smallest absolute Gasteiger partial charge is 0.279 e. The van der Waals surface area contributed by atoms with E-state index in [1.807, 2.05) is 18.4 Å². The van der Waals surface area contributed by atoms with E-state index < -0.39 is 17.8 Å². The average molecular weight is 532 g/mol. The lowest BCUT2D eigenvalue weighted by Crippen LogP contribution is -2.31. The Morgan fingerprint density at radius 1 is 1.18 bits per heavy atom. The molecular formula is C27H23ClFN7O2. The number of aromatic nitrogens is 4. The first-order chi connectivity index (χ1) is 18.3. The van der Waals surface area contributed by atoms with Crippen molar-refractivity contribution in [3.63, 3.8) is 0 Å². The number of benzene rings is 2. The Hall–Kier alpha value is -4.49. The number of nitrogens with one attached hydrogen (secondary N) is 1. The summed E-state index contributed by atoms with van der Waals surface area (Å²) >= 11 is 6.10. The highest BCUT2D eigenvalue weighted by Crippen LogP contribution is 2.46. The fourth-order valence-corrected chi connectivity index (χ4v) is 4.87. The molecule has 3 heterocycles. The van der Waals surface area contributed by atoms with Gasteiger partial charge in [0.15, 0.2) is 11.5 Å². The maximum absolute atomic E-state index is 15.3. The van der Waals surface area contributed by atoms with E-state index in [0.717, 1.165) is 0 Å². The minimum Gasteiger partial charge on any atom is -0.480 e. The van der Waals surface area contributed by atoms with Gasteiger partial charge in [-0.05, 0) is 43.7 Å². The van der Waals surface area contributed by atoms with Crippen molar-refractivity contribution in [2.75, 3.05) is 24.4 Å². The molecule has 1 N–H and O–H groups in total. The zero-order valence-electron chi connectivity index (χ0n) is 21.0. The molecule has 0 saturated heterocycles. The van der Waals surface area contributed by atoms with Gasteiger partial charge in [-0.1, -0.05) is 29.8 Å². The molecule has 1 atom stereocenters. The normalized spacial score (nSPS) is 14.5. The van der Waals surface area contributed by atoms with Crippen LogP contribution in [-0.4, -0.2) is 39.6 Å². The second-order valence-electron chi connectivity index (χ2n) is 8.88. The molecule has 38 heavy (non-hydrogen) atoms. The maximum Gasteiger partial charge on any atom is 0.279 e. The highest BCUT2D eigenvalue weighted by atomic mass is 35.5. The summed E-state index contributed by atoms with van der Waals surface area (Å²) in [6.07, 6.45) is 1.59. The number of imidazole rings is 1. The quantitative estimate of drug-likeness (QED) is 0.355. The molecule has 1 unspecified atom stereocenters. The van der Waals surface area contributed by atoms with E-state index in [9.17, 15) is 10.1 Å². The Balaban J connectivity index is 1.79. The summed E-state index contributed by atoms with van der Waals surface area (Å²) in [6, 6.07) is 12.6. The standard InChI is InChI=1S/C27H23ClFN7O2/c1-14(2)35-23-21(33-24(35)17-13-32-27(31-3)34-25(17)38-4)26(37)36(19-7-5-6-18(28)20(19)29)22(23)16-10-8-15(12-30)9-11-16/h5-11,13-14,22H,1-4H3,(H,31,32,34). The SMILES string of the molecule is CNc1ncc(-c2nc3c(n2C(C)C)C(c2ccc(C#N)cc2)N(c2cccc(Cl)c2F)C3=O)c(OC)n1. The minimum absolute atomic E-state index is 0.0333. The highest BCUT2D eigenvalue weighted by molar-refractivity contribution is 6.31. The van der Waals surface area contributed by atoms with Crippen LogP contribution in [0, 0.1) is 17.1 Å². The molecule has 0 spiro atoms. The fraction of sp³-hybridized carbons (Fsp3) is 0.222. The first-order valence-corrected chi connectivity index (χ1v) is 12.2. The molecule has 0 bridgehead atoms. The summed E-state index contributed by atoms with van der Waals surface area (Å²) in [7, 11) is 3.19. The van der Waals surface area contributed by atoms with Gasteiger partial charge >= 0.3 is 0 Å². The molecule has 0 fully saturated rings. The van der Waals surface area contributed by atoms with Crippen LogP contribution < -0.4 is 15.0 Å². The van der Waals surface area contributed by atoms with Gasteiger partial charge in [0.2, 0.25) is 11.8 Å². The Kier molecular flexibility index (Phi) is 6.46. The monoisotopic (exact) mass is 531 g/mol. The van der Waals surface area contributed by atoms with Crippen LogP contribution in [0.15, 0.2) is 48.7 Å². The fourth-order valence-electron chi connectivity index (χ4n) is 4.70. The number of ether oxygens (including phenoxy) is 1. The number of amides is 1. The molecule has 9 nitrogen and oxygen atoms in total. The molecule has 11 heteroatoms. The second kappa shape index (κ2) is 9.76.